The van der Waals surface area contributed by atoms with Crippen LogP contribution >= 0.6 is 0 Å². The number of nitrogen functional groups attached to an aromatic ring is 1. The summed E-state index contributed by atoms with van der Waals surface area (Å²) in [5.74, 6) is 0.434. The van der Waals surface area contributed by atoms with Crippen molar-refractivity contribution in [1.29, 1.82) is 0 Å². The van der Waals surface area contributed by atoms with Crippen molar-refractivity contribution in [3.8, 4) is 0 Å². The second kappa shape index (κ2) is 6.27. The molecule has 0 bridgehead atoms. The van der Waals surface area contributed by atoms with E-state index < -0.39 is 10.8 Å². The number of nitrogens with one attached hydrogen (secondary N) is 1. The molecule has 0 aliphatic heterocycles. The fourth-order valence-electron chi connectivity index (χ4n) is 1.22. The van der Waals surface area contributed by atoms with Crippen LogP contribution in [0, 0.1) is 0 Å². The average molecular weight is 240 g/mol. The fraction of sp³-hybridized carbons (Fsp3) is 0.364. The summed E-state index contributed by atoms with van der Waals surface area (Å²) < 4.78 is 10.8. The molecule has 0 radical (unpaired) electrons. The van der Waals surface area contributed by atoms with E-state index in [1.54, 1.807) is 18.4 Å². The van der Waals surface area contributed by atoms with Crippen molar-refractivity contribution in [2.45, 2.75) is 6.42 Å². The predicted molar refractivity (Wildman–Crippen MR) is 66.5 cm³/mol. The first-order valence-electron chi connectivity index (χ1n) is 4.99. The van der Waals surface area contributed by atoms with Gasteiger partial charge in [0.05, 0.1) is 6.42 Å². The van der Waals surface area contributed by atoms with Crippen molar-refractivity contribution in [3.63, 3.8) is 0 Å². The first-order chi connectivity index (χ1) is 7.58. The Morgan fingerprint density at radius 3 is 2.56 bits per heavy atom. The highest BCUT2D eigenvalue weighted by atomic mass is 32.2. The van der Waals surface area contributed by atoms with Gasteiger partial charge in [-0.25, -0.2) is 0 Å². The molecule has 3 N–H and O–H groups in total. The van der Waals surface area contributed by atoms with E-state index in [2.05, 4.69) is 5.32 Å². The van der Waals surface area contributed by atoms with Crippen molar-refractivity contribution >= 4 is 22.4 Å². The van der Waals surface area contributed by atoms with Crippen molar-refractivity contribution < 1.29 is 9.00 Å². The molecule has 4 nitrogen and oxygen atoms in total. The van der Waals surface area contributed by atoms with Crippen molar-refractivity contribution in [2.75, 3.05) is 24.3 Å². The number of carbonyl (C=O) groups is 1. The lowest BCUT2D eigenvalue weighted by atomic mass is 10.1. The van der Waals surface area contributed by atoms with Crippen LogP contribution < -0.4 is 11.1 Å². The van der Waals surface area contributed by atoms with Gasteiger partial charge in [0.1, 0.15) is 0 Å². The van der Waals surface area contributed by atoms with Gasteiger partial charge in [-0.3, -0.25) is 9.00 Å². The van der Waals surface area contributed by atoms with Crippen LogP contribution in [0.2, 0.25) is 0 Å². The first kappa shape index (κ1) is 12.7. The molecule has 5 heteroatoms. The van der Waals surface area contributed by atoms with E-state index in [-0.39, 0.29) is 5.91 Å². The van der Waals surface area contributed by atoms with Crippen LogP contribution in [0.5, 0.6) is 0 Å². The number of amides is 1. The summed E-state index contributed by atoms with van der Waals surface area (Å²) >= 11 is 0. The smallest absolute Gasteiger partial charge is 0.224 e. The third kappa shape index (κ3) is 4.93. The molecule has 0 heterocycles. The topological polar surface area (TPSA) is 72.2 Å². The Morgan fingerprint density at radius 1 is 1.38 bits per heavy atom. The number of benzene rings is 1. The number of hydrogen-bond acceptors (Lipinski definition) is 3. The minimum absolute atomic E-state index is 0.0600. The maximum absolute atomic E-state index is 11.4. The lowest BCUT2D eigenvalue weighted by Gasteiger charge is -2.04. The Kier molecular flexibility index (Phi) is 4.98. The summed E-state index contributed by atoms with van der Waals surface area (Å²) in [4.78, 5) is 11.4. The minimum Gasteiger partial charge on any atom is -0.399 e. The van der Waals surface area contributed by atoms with Gasteiger partial charge in [0.25, 0.3) is 0 Å². The van der Waals surface area contributed by atoms with Gasteiger partial charge >= 0.3 is 0 Å². The Morgan fingerprint density at radius 2 is 2.00 bits per heavy atom. The van der Waals surface area contributed by atoms with Gasteiger partial charge in [0.2, 0.25) is 5.91 Å². The molecular weight excluding hydrogens is 224 g/mol. The molecule has 0 saturated heterocycles. The molecular formula is C11H16N2O2S. The minimum atomic E-state index is -0.863. The van der Waals surface area contributed by atoms with Crippen LogP contribution in [0.25, 0.3) is 0 Å². The van der Waals surface area contributed by atoms with Gasteiger partial charge < -0.3 is 11.1 Å². The standard InChI is InChI=1S/C11H16N2O2S/c1-16(15)7-6-13-11(14)8-9-2-4-10(12)5-3-9/h2-5H,6-8,12H2,1H3,(H,13,14). The summed E-state index contributed by atoms with van der Waals surface area (Å²) in [6, 6.07) is 7.19. The van der Waals surface area contributed by atoms with Gasteiger partial charge in [0, 0.05) is 35.0 Å². The normalized spacial score (nSPS) is 12.1. The first-order valence-corrected chi connectivity index (χ1v) is 6.72. The van der Waals surface area contributed by atoms with Crippen LogP contribution in [0.4, 0.5) is 5.69 Å². The van der Waals surface area contributed by atoms with E-state index in [9.17, 15) is 9.00 Å². The molecule has 0 aliphatic rings. The zero-order valence-electron chi connectivity index (χ0n) is 9.23. The largest absolute Gasteiger partial charge is 0.399 e. The quantitative estimate of drug-likeness (QED) is 0.727. The monoisotopic (exact) mass is 240 g/mol. The maximum atomic E-state index is 11.4. The summed E-state index contributed by atoms with van der Waals surface area (Å²) in [6.45, 7) is 0.455. The molecule has 1 rings (SSSR count). The fourth-order valence-corrected chi connectivity index (χ4v) is 1.61. The van der Waals surface area contributed by atoms with E-state index in [0.29, 0.717) is 24.4 Å². The van der Waals surface area contributed by atoms with E-state index in [1.165, 1.54) is 0 Å². The van der Waals surface area contributed by atoms with Crippen LogP contribution in [-0.4, -0.2) is 28.7 Å². The van der Waals surface area contributed by atoms with Gasteiger partial charge in [-0.1, -0.05) is 12.1 Å². The highest BCUT2D eigenvalue weighted by molar-refractivity contribution is 7.84. The highest BCUT2D eigenvalue weighted by Gasteiger charge is 2.02. The second-order valence-electron chi connectivity index (χ2n) is 3.55. The maximum Gasteiger partial charge on any atom is 0.224 e. The second-order valence-corrected chi connectivity index (χ2v) is 5.10. The number of rotatable bonds is 5. The van der Waals surface area contributed by atoms with Crippen molar-refractivity contribution in [3.05, 3.63) is 29.8 Å². The molecule has 1 atom stereocenters. The summed E-state index contributed by atoms with van der Waals surface area (Å²) in [6.07, 6.45) is 1.95. The van der Waals surface area contributed by atoms with Crippen LogP contribution in [0.1, 0.15) is 5.56 Å². The van der Waals surface area contributed by atoms with Crippen molar-refractivity contribution in [2.24, 2.45) is 0 Å². The molecule has 0 saturated carbocycles. The summed E-state index contributed by atoms with van der Waals surface area (Å²) in [7, 11) is -0.863. The third-order valence-electron chi connectivity index (χ3n) is 2.06. The Labute approximate surface area is 97.7 Å². The predicted octanol–water partition coefficient (Wildman–Crippen LogP) is 0.306. The SMILES string of the molecule is CS(=O)CCNC(=O)Cc1ccc(N)cc1. The van der Waals surface area contributed by atoms with Gasteiger partial charge in [0.15, 0.2) is 0 Å². The molecule has 1 amide bonds. The van der Waals surface area contributed by atoms with Crippen molar-refractivity contribution in [1.82, 2.24) is 5.32 Å². The number of hydrogen-bond donors (Lipinski definition) is 2. The Balaban J connectivity index is 2.34. The van der Waals surface area contributed by atoms with E-state index in [1.807, 2.05) is 12.1 Å². The lowest BCUT2D eigenvalue weighted by Crippen LogP contribution is -2.28. The van der Waals surface area contributed by atoms with Gasteiger partial charge in [-0.05, 0) is 17.7 Å². The molecule has 16 heavy (non-hydrogen) atoms. The number of nitrogens with two attached hydrogens (primary N) is 1. The van der Waals surface area contributed by atoms with E-state index in [0.717, 1.165) is 5.56 Å². The lowest BCUT2D eigenvalue weighted by molar-refractivity contribution is -0.120. The molecule has 1 unspecified atom stereocenters. The molecule has 0 spiro atoms. The summed E-state index contributed by atoms with van der Waals surface area (Å²) in [5.41, 5.74) is 7.14. The molecule has 0 aliphatic carbocycles. The van der Waals surface area contributed by atoms with E-state index in [4.69, 9.17) is 5.73 Å². The average Bonchev–Trinajstić information content (AvgIpc) is 2.21. The molecule has 0 fully saturated rings. The number of anilines is 1. The Bertz CT molecular complexity index is 376. The zero-order valence-corrected chi connectivity index (χ0v) is 10.0. The third-order valence-corrected chi connectivity index (χ3v) is 2.84. The summed E-state index contributed by atoms with van der Waals surface area (Å²) in [5, 5.41) is 2.71. The molecule has 88 valence electrons. The zero-order chi connectivity index (χ0) is 12.0. The number of carbonyl (C=O) groups excluding carboxylic acids is 1. The molecule has 1 aromatic rings. The van der Waals surface area contributed by atoms with Crippen LogP contribution in [0.15, 0.2) is 24.3 Å². The van der Waals surface area contributed by atoms with Gasteiger partial charge in [-0.15, -0.1) is 0 Å². The Hall–Kier alpha value is -1.36. The van der Waals surface area contributed by atoms with E-state index >= 15 is 0 Å². The molecule has 1 aromatic carbocycles. The highest BCUT2D eigenvalue weighted by Crippen LogP contribution is 2.05. The van der Waals surface area contributed by atoms with Gasteiger partial charge in [-0.2, -0.15) is 0 Å². The van der Waals surface area contributed by atoms with Crippen LogP contribution in [-0.2, 0) is 22.0 Å². The van der Waals surface area contributed by atoms with Crippen LogP contribution in [0.3, 0.4) is 0 Å². The molecule has 0 aromatic heterocycles.